The molecule has 0 aliphatic rings. The second-order valence-corrected chi connectivity index (χ2v) is 7.45. The summed E-state index contributed by atoms with van der Waals surface area (Å²) in [5.41, 5.74) is 2.26. The van der Waals surface area contributed by atoms with Crippen LogP contribution < -0.4 is 15.1 Å². The van der Waals surface area contributed by atoms with Crippen molar-refractivity contribution in [3.05, 3.63) is 80.6 Å². The van der Waals surface area contributed by atoms with Gasteiger partial charge in [-0.05, 0) is 41.8 Å². The van der Waals surface area contributed by atoms with E-state index in [0.29, 0.717) is 29.1 Å². The second kappa shape index (κ2) is 7.68. The number of hydrogen-bond acceptors (Lipinski definition) is 4. The molecule has 0 atom stereocenters. The van der Waals surface area contributed by atoms with Crippen LogP contribution in [0.2, 0.25) is 0 Å². The Morgan fingerprint density at radius 2 is 1.64 bits per heavy atom. The summed E-state index contributed by atoms with van der Waals surface area (Å²) >= 11 is 3.42. The Bertz CT molecular complexity index is 1210. The van der Waals surface area contributed by atoms with Crippen LogP contribution in [-0.2, 0) is 13.0 Å². The largest absolute Gasteiger partial charge is 0.493 e. The fourth-order valence-corrected chi connectivity index (χ4v) is 3.48. The van der Waals surface area contributed by atoms with Crippen LogP contribution in [0.15, 0.2) is 68.3 Å². The van der Waals surface area contributed by atoms with E-state index in [0.717, 1.165) is 32.8 Å². The number of rotatable bonds is 5. The summed E-state index contributed by atoms with van der Waals surface area (Å²) in [6, 6.07) is 17.4. The third-order valence-corrected chi connectivity index (χ3v) is 5.31. The molecule has 0 unspecified atom stereocenters. The predicted octanol–water partition coefficient (Wildman–Crippen LogP) is 5.86. The van der Waals surface area contributed by atoms with Gasteiger partial charge in [0.25, 0.3) is 0 Å². The van der Waals surface area contributed by atoms with Gasteiger partial charge >= 0.3 is 5.63 Å². The van der Waals surface area contributed by atoms with Crippen LogP contribution in [0, 0.1) is 0 Å². The van der Waals surface area contributed by atoms with Crippen molar-refractivity contribution in [2.75, 3.05) is 7.11 Å². The van der Waals surface area contributed by atoms with Crippen LogP contribution in [0.4, 0.5) is 0 Å². The molecule has 0 bridgehead atoms. The highest BCUT2D eigenvalue weighted by atomic mass is 79.9. The zero-order valence-electron chi connectivity index (χ0n) is 15.6. The van der Waals surface area contributed by atoms with E-state index in [9.17, 15) is 4.79 Å². The van der Waals surface area contributed by atoms with Crippen molar-refractivity contribution >= 4 is 37.7 Å². The van der Waals surface area contributed by atoms with Gasteiger partial charge in [-0.3, -0.25) is 0 Å². The SMILES string of the molecule is CCc1ccc2c(c1)c(=O)oc1cc(OCc3ccc(Br)cc3)c(OC)cc12. The standard InChI is InChI=1S/C23H19BrO4/c1-3-14-6-9-17-18-11-21(26-2)22(12-20(18)28-23(25)19(17)10-14)27-13-15-4-7-16(24)8-5-15/h4-12H,3,13H2,1-2H3. The first-order valence-corrected chi connectivity index (χ1v) is 9.83. The summed E-state index contributed by atoms with van der Waals surface area (Å²) in [6.07, 6.45) is 0.861. The van der Waals surface area contributed by atoms with Crippen LogP contribution >= 0.6 is 15.9 Å². The quantitative estimate of drug-likeness (QED) is 0.289. The molecule has 0 fully saturated rings. The van der Waals surface area contributed by atoms with Gasteiger partial charge in [0.2, 0.25) is 0 Å². The van der Waals surface area contributed by atoms with Crippen LogP contribution in [0.25, 0.3) is 21.7 Å². The number of halogens is 1. The van der Waals surface area contributed by atoms with E-state index in [1.165, 1.54) is 0 Å². The Morgan fingerprint density at radius 3 is 2.36 bits per heavy atom. The Labute approximate surface area is 170 Å². The van der Waals surface area contributed by atoms with Gasteiger partial charge in [0.1, 0.15) is 12.2 Å². The number of hydrogen-bond donors (Lipinski definition) is 0. The zero-order valence-corrected chi connectivity index (χ0v) is 17.2. The minimum atomic E-state index is -0.346. The molecule has 0 saturated heterocycles. The third-order valence-electron chi connectivity index (χ3n) is 4.78. The molecule has 5 heteroatoms. The lowest BCUT2D eigenvalue weighted by Crippen LogP contribution is -2.02. The van der Waals surface area contributed by atoms with Crippen LogP contribution in [-0.4, -0.2) is 7.11 Å². The fraction of sp³-hybridized carbons (Fsp3) is 0.174. The highest BCUT2D eigenvalue weighted by molar-refractivity contribution is 9.10. The van der Waals surface area contributed by atoms with E-state index in [1.54, 1.807) is 13.2 Å². The molecule has 142 valence electrons. The van der Waals surface area contributed by atoms with Crippen LogP contribution in [0.5, 0.6) is 11.5 Å². The van der Waals surface area contributed by atoms with Crippen molar-refractivity contribution < 1.29 is 13.9 Å². The fourth-order valence-electron chi connectivity index (χ4n) is 3.22. The van der Waals surface area contributed by atoms with Crippen molar-refractivity contribution in [3.8, 4) is 11.5 Å². The number of methoxy groups -OCH3 is 1. The second-order valence-electron chi connectivity index (χ2n) is 6.54. The van der Waals surface area contributed by atoms with Gasteiger partial charge in [-0.25, -0.2) is 4.79 Å². The molecule has 0 saturated carbocycles. The van der Waals surface area contributed by atoms with E-state index in [4.69, 9.17) is 13.9 Å². The van der Waals surface area contributed by atoms with Gasteiger partial charge in [-0.2, -0.15) is 0 Å². The maximum Gasteiger partial charge on any atom is 0.344 e. The molecule has 28 heavy (non-hydrogen) atoms. The van der Waals surface area contributed by atoms with E-state index in [1.807, 2.05) is 48.5 Å². The molecule has 1 aromatic heterocycles. The summed E-state index contributed by atoms with van der Waals surface area (Å²) in [6.45, 7) is 2.44. The molecule has 0 amide bonds. The topological polar surface area (TPSA) is 48.7 Å². The normalized spacial score (nSPS) is 11.1. The van der Waals surface area contributed by atoms with Gasteiger partial charge < -0.3 is 13.9 Å². The van der Waals surface area contributed by atoms with Crippen molar-refractivity contribution in [2.24, 2.45) is 0 Å². The lowest BCUT2D eigenvalue weighted by Gasteiger charge is -2.13. The van der Waals surface area contributed by atoms with Crippen molar-refractivity contribution in [3.63, 3.8) is 0 Å². The molecular formula is C23H19BrO4. The smallest absolute Gasteiger partial charge is 0.344 e. The minimum Gasteiger partial charge on any atom is -0.493 e. The summed E-state index contributed by atoms with van der Waals surface area (Å²) in [7, 11) is 1.60. The van der Waals surface area contributed by atoms with Gasteiger partial charge in [0, 0.05) is 21.3 Å². The van der Waals surface area contributed by atoms with Gasteiger partial charge in [-0.15, -0.1) is 0 Å². The first kappa shape index (κ1) is 18.6. The zero-order chi connectivity index (χ0) is 19.7. The molecule has 1 heterocycles. The first-order valence-electron chi connectivity index (χ1n) is 9.03. The molecule has 0 aliphatic heterocycles. The Morgan fingerprint density at radius 1 is 0.893 bits per heavy atom. The summed E-state index contributed by atoms with van der Waals surface area (Å²) in [5, 5.41) is 2.25. The van der Waals surface area contributed by atoms with Crippen molar-refractivity contribution in [1.82, 2.24) is 0 Å². The molecule has 0 aliphatic carbocycles. The number of fused-ring (bicyclic) bond motifs is 3. The highest BCUT2D eigenvalue weighted by Crippen LogP contribution is 2.35. The lowest BCUT2D eigenvalue weighted by molar-refractivity contribution is 0.284. The molecular weight excluding hydrogens is 420 g/mol. The van der Waals surface area contributed by atoms with E-state index >= 15 is 0 Å². The lowest BCUT2D eigenvalue weighted by atomic mass is 10.0. The van der Waals surface area contributed by atoms with Crippen LogP contribution in [0.3, 0.4) is 0 Å². The Hall–Kier alpha value is -2.79. The molecule has 4 nitrogen and oxygen atoms in total. The van der Waals surface area contributed by atoms with Gasteiger partial charge in [0.05, 0.1) is 12.5 Å². The maximum atomic E-state index is 12.5. The molecule has 0 spiro atoms. The molecule has 4 aromatic rings. The average molecular weight is 439 g/mol. The third kappa shape index (κ3) is 3.50. The molecule has 4 rings (SSSR count). The predicted molar refractivity (Wildman–Crippen MR) is 114 cm³/mol. The monoisotopic (exact) mass is 438 g/mol. The molecule has 3 aromatic carbocycles. The van der Waals surface area contributed by atoms with Gasteiger partial charge in [-0.1, -0.05) is 47.1 Å². The number of benzene rings is 3. The minimum absolute atomic E-state index is 0.346. The van der Waals surface area contributed by atoms with Crippen molar-refractivity contribution in [2.45, 2.75) is 20.0 Å². The van der Waals surface area contributed by atoms with Crippen molar-refractivity contribution in [1.29, 1.82) is 0 Å². The van der Waals surface area contributed by atoms with E-state index in [2.05, 4.69) is 22.9 Å². The summed E-state index contributed by atoms with van der Waals surface area (Å²) < 4.78 is 18.1. The van der Waals surface area contributed by atoms with E-state index in [-0.39, 0.29) is 5.63 Å². The highest BCUT2D eigenvalue weighted by Gasteiger charge is 2.14. The maximum absolute atomic E-state index is 12.5. The summed E-state index contributed by atoms with van der Waals surface area (Å²) in [5.74, 6) is 1.13. The molecule has 0 radical (unpaired) electrons. The first-order chi connectivity index (χ1) is 13.6. The Balaban J connectivity index is 1.79. The molecule has 0 N–H and O–H groups in total. The summed E-state index contributed by atoms with van der Waals surface area (Å²) in [4.78, 5) is 12.5. The number of aryl methyl sites for hydroxylation is 1. The Kier molecular flexibility index (Phi) is 5.09. The number of ether oxygens (including phenoxy) is 2. The average Bonchev–Trinajstić information content (AvgIpc) is 2.72. The van der Waals surface area contributed by atoms with Crippen LogP contribution in [0.1, 0.15) is 18.1 Å². The van der Waals surface area contributed by atoms with E-state index < -0.39 is 0 Å². The van der Waals surface area contributed by atoms with Gasteiger partial charge in [0.15, 0.2) is 11.5 Å².